The molecule has 16 heavy (non-hydrogen) atoms. The van der Waals surface area contributed by atoms with Crippen molar-refractivity contribution in [3.05, 3.63) is 42.5 Å². The molecule has 4 nitrogen and oxygen atoms in total. The minimum atomic E-state index is -0.493. The molecule has 0 heterocycles. The van der Waals surface area contributed by atoms with Gasteiger partial charge in [-0.05, 0) is 23.8 Å². The van der Waals surface area contributed by atoms with Crippen molar-refractivity contribution < 1.29 is 19.7 Å². The number of phenols is 2. The van der Waals surface area contributed by atoms with Gasteiger partial charge in [0.2, 0.25) is 0 Å². The number of hydrogen-bond donors (Lipinski definition) is 2. The second kappa shape index (κ2) is 5.60. The minimum Gasteiger partial charge on any atom is -0.504 e. The van der Waals surface area contributed by atoms with E-state index in [2.05, 4.69) is 6.58 Å². The summed E-state index contributed by atoms with van der Waals surface area (Å²) in [6.45, 7) is 3.57. The van der Waals surface area contributed by atoms with E-state index in [1.54, 1.807) is 6.07 Å². The highest BCUT2D eigenvalue weighted by Gasteiger charge is 1.99. The summed E-state index contributed by atoms with van der Waals surface area (Å²) in [5.41, 5.74) is 0.589. The summed E-state index contributed by atoms with van der Waals surface area (Å²) >= 11 is 0. The summed E-state index contributed by atoms with van der Waals surface area (Å²) in [5.74, 6) is -0.930. The molecule has 0 spiro atoms. The molecule has 0 aliphatic carbocycles. The zero-order valence-corrected chi connectivity index (χ0v) is 8.59. The molecule has 1 aromatic rings. The van der Waals surface area contributed by atoms with Gasteiger partial charge in [-0.3, -0.25) is 0 Å². The van der Waals surface area contributed by atoms with Crippen LogP contribution in [0.1, 0.15) is 5.56 Å². The molecule has 0 amide bonds. The Bertz CT molecular complexity index is 421. The number of carbonyl (C=O) groups excluding carboxylic acids is 1. The Hall–Kier alpha value is -2.23. The minimum absolute atomic E-state index is 0.157. The van der Waals surface area contributed by atoms with Gasteiger partial charge in [-0.25, -0.2) is 4.79 Å². The molecule has 2 N–H and O–H groups in total. The second-order valence-electron chi connectivity index (χ2n) is 3.00. The van der Waals surface area contributed by atoms with E-state index in [0.29, 0.717) is 5.56 Å². The molecule has 0 aliphatic heterocycles. The van der Waals surface area contributed by atoms with E-state index >= 15 is 0 Å². The second-order valence-corrected chi connectivity index (χ2v) is 3.00. The number of phenolic OH excluding ortho intramolecular Hbond substituents is 2. The first-order valence-electron chi connectivity index (χ1n) is 4.61. The SMILES string of the molecule is C=CCOC(=O)/C=C/c1ccc(O)c(O)c1. The number of rotatable bonds is 4. The van der Waals surface area contributed by atoms with Gasteiger partial charge in [0.25, 0.3) is 0 Å². The number of benzene rings is 1. The lowest BCUT2D eigenvalue weighted by Gasteiger charge is -1.98. The van der Waals surface area contributed by atoms with Crippen LogP contribution in [-0.2, 0) is 9.53 Å². The van der Waals surface area contributed by atoms with Crippen LogP contribution in [0.5, 0.6) is 11.5 Å². The van der Waals surface area contributed by atoms with Crippen LogP contribution < -0.4 is 0 Å². The van der Waals surface area contributed by atoms with Crippen molar-refractivity contribution >= 4 is 12.0 Å². The Morgan fingerprint density at radius 1 is 1.38 bits per heavy atom. The van der Waals surface area contributed by atoms with Gasteiger partial charge in [-0.2, -0.15) is 0 Å². The third-order valence-electron chi connectivity index (χ3n) is 1.75. The summed E-state index contributed by atoms with van der Waals surface area (Å²) in [7, 11) is 0. The quantitative estimate of drug-likeness (QED) is 0.351. The average Bonchev–Trinajstić information content (AvgIpc) is 2.28. The molecule has 0 bridgehead atoms. The lowest BCUT2D eigenvalue weighted by atomic mass is 10.2. The smallest absolute Gasteiger partial charge is 0.331 e. The molecular weight excluding hydrogens is 208 g/mol. The van der Waals surface area contributed by atoms with Gasteiger partial charge in [-0.1, -0.05) is 18.7 Å². The topological polar surface area (TPSA) is 66.8 Å². The molecule has 0 atom stereocenters. The van der Waals surface area contributed by atoms with Gasteiger partial charge < -0.3 is 14.9 Å². The van der Waals surface area contributed by atoms with E-state index in [4.69, 9.17) is 9.84 Å². The maximum absolute atomic E-state index is 11.1. The number of carbonyl (C=O) groups is 1. The maximum atomic E-state index is 11.1. The summed E-state index contributed by atoms with van der Waals surface area (Å²) in [6.07, 6.45) is 4.18. The predicted molar refractivity (Wildman–Crippen MR) is 60.0 cm³/mol. The predicted octanol–water partition coefficient (Wildman–Crippen LogP) is 1.84. The fourth-order valence-electron chi connectivity index (χ4n) is 0.998. The van der Waals surface area contributed by atoms with Gasteiger partial charge >= 0.3 is 5.97 Å². The van der Waals surface area contributed by atoms with Crippen molar-refractivity contribution in [1.82, 2.24) is 0 Å². The van der Waals surface area contributed by atoms with Crippen molar-refractivity contribution in [1.29, 1.82) is 0 Å². The number of ether oxygens (including phenoxy) is 1. The third-order valence-corrected chi connectivity index (χ3v) is 1.75. The molecule has 0 aliphatic rings. The van der Waals surface area contributed by atoms with Crippen LogP contribution in [0.15, 0.2) is 36.9 Å². The standard InChI is InChI=1S/C12H12O4/c1-2-7-16-12(15)6-4-9-3-5-10(13)11(14)8-9/h2-6,8,13-14H,1,7H2/b6-4+. The van der Waals surface area contributed by atoms with Crippen LogP contribution in [0.4, 0.5) is 0 Å². The summed E-state index contributed by atoms with van der Waals surface area (Å²) in [4.78, 5) is 11.1. The molecule has 0 saturated carbocycles. The van der Waals surface area contributed by atoms with Crippen LogP contribution in [0.2, 0.25) is 0 Å². The normalized spacial score (nSPS) is 10.2. The van der Waals surface area contributed by atoms with E-state index < -0.39 is 5.97 Å². The van der Waals surface area contributed by atoms with E-state index in [1.165, 1.54) is 30.4 Å². The van der Waals surface area contributed by atoms with E-state index in [9.17, 15) is 9.90 Å². The molecule has 0 fully saturated rings. The molecule has 0 aromatic heterocycles. The van der Waals surface area contributed by atoms with Gasteiger partial charge in [0, 0.05) is 6.08 Å². The van der Waals surface area contributed by atoms with Crippen molar-refractivity contribution in [3.8, 4) is 11.5 Å². The lowest BCUT2D eigenvalue weighted by Crippen LogP contribution is -1.99. The number of aromatic hydroxyl groups is 2. The van der Waals surface area contributed by atoms with Crippen LogP contribution >= 0.6 is 0 Å². The number of hydrogen-bond acceptors (Lipinski definition) is 4. The van der Waals surface area contributed by atoms with Crippen LogP contribution in [-0.4, -0.2) is 22.8 Å². The first-order valence-corrected chi connectivity index (χ1v) is 4.61. The molecule has 0 radical (unpaired) electrons. The van der Waals surface area contributed by atoms with Gasteiger partial charge in [0.05, 0.1) is 0 Å². The largest absolute Gasteiger partial charge is 0.504 e. The van der Waals surface area contributed by atoms with Gasteiger partial charge in [0.1, 0.15) is 6.61 Å². The average molecular weight is 220 g/mol. The molecule has 4 heteroatoms. The van der Waals surface area contributed by atoms with Crippen LogP contribution in [0, 0.1) is 0 Å². The molecule has 84 valence electrons. The van der Waals surface area contributed by atoms with Crippen molar-refractivity contribution in [3.63, 3.8) is 0 Å². The molecule has 1 rings (SSSR count). The Labute approximate surface area is 93.1 Å². The Balaban J connectivity index is 2.65. The Morgan fingerprint density at radius 3 is 2.75 bits per heavy atom. The highest BCUT2D eigenvalue weighted by Crippen LogP contribution is 2.25. The third kappa shape index (κ3) is 3.49. The van der Waals surface area contributed by atoms with E-state index in [-0.39, 0.29) is 18.1 Å². The Morgan fingerprint density at radius 2 is 2.12 bits per heavy atom. The van der Waals surface area contributed by atoms with Crippen LogP contribution in [0.3, 0.4) is 0 Å². The van der Waals surface area contributed by atoms with Crippen molar-refractivity contribution in [2.75, 3.05) is 6.61 Å². The summed E-state index contributed by atoms with van der Waals surface area (Å²) in [5, 5.41) is 18.3. The monoisotopic (exact) mass is 220 g/mol. The maximum Gasteiger partial charge on any atom is 0.331 e. The summed E-state index contributed by atoms with van der Waals surface area (Å²) in [6, 6.07) is 4.24. The zero-order chi connectivity index (χ0) is 12.0. The van der Waals surface area contributed by atoms with E-state index in [1.807, 2.05) is 0 Å². The first-order chi connectivity index (χ1) is 7.63. The zero-order valence-electron chi connectivity index (χ0n) is 8.59. The fourth-order valence-corrected chi connectivity index (χ4v) is 0.998. The Kier molecular flexibility index (Phi) is 4.15. The first kappa shape index (κ1) is 11.8. The highest BCUT2D eigenvalue weighted by atomic mass is 16.5. The number of esters is 1. The van der Waals surface area contributed by atoms with Gasteiger partial charge in [-0.15, -0.1) is 0 Å². The van der Waals surface area contributed by atoms with Gasteiger partial charge in [0.15, 0.2) is 11.5 Å². The van der Waals surface area contributed by atoms with Crippen LogP contribution in [0.25, 0.3) is 6.08 Å². The molecular formula is C12H12O4. The summed E-state index contributed by atoms with van der Waals surface area (Å²) < 4.78 is 4.71. The van der Waals surface area contributed by atoms with Crippen molar-refractivity contribution in [2.45, 2.75) is 0 Å². The molecule has 1 aromatic carbocycles. The lowest BCUT2D eigenvalue weighted by molar-refractivity contribution is -0.136. The van der Waals surface area contributed by atoms with E-state index in [0.717, 1.165) is 0 Å². The highest BCUT2D eigenvalue weighted by molar-refractivity contribution is 5.87. The molecule has 0 unspecified atom stereocenters. The molecule has 0 saturated heterocycles. The fraction of sp³-hybridized carbons (Fsp3) is 0.0833. The van der Waals surface area contributed by atoms with Crippen molar-refractivity contribution in [2.24, 2.45) is 0 Å².